The van der Waals surface area contributed by atoms with Crippen LogP contribution in [0.25, 0.3) is 11.3 Å². The van der Waals surface area contributed by atoms with Crippen molar-refractivity contribution in [2.45, 2.75) is 20.0 Å². The fourth-order valence-corrected chi connectivity index (χ4v) is 2.10. The van der Waals surface area contributed by atoms with E-state index in [-0.39, 0.29) is 11.8 Å². The van der Waals surface area contributed by atoms with Gasteiger partial charge in [-0.05, 0) is 32.0 Å². The molecule has 7 heteroatoms. The summed E-state index contributed by atoms with van der Waals surface area (Å²) in [5.74, 6) is -0.162. The van der Waals surface area contributed by atoms with Crippen molar-refractivity contribution in [2.24, 2.45) is 0 Å². The molecule has 0 saturated carbocycles. The summed E-state index contributed by atoms with van der Waals surface area (Å²) in [6.07, 6.45) is -0.103. The number of carboxylic acids is 1. The summed E-state index contributed by atoms with van der Waals surface area (Å²) >= 11 is 6.23. The molecule has 21 heavy (non-hydrogen) atoms. The van der Waals surface area contributed by atoms with E-state index in [0.29, 0.717) is 27.8 Å². The third kappa shape index (κ3) is 3.11. The highest BCUT2D eigenvalue weighted by molar-refractivity contribution is 6.33. The molecule has 0 unspecified atom stereocenters. The molecule has 1 aromatic heterocycles. The lowest BCUT2D eigenvalue weighted by molar-refractivity contribution is 0.0690. The van der Waals surface area contributed by atoms with E-state index < -0.39 is 5.97 Å². The third-order valence-electron chi connectivity index (χ3n) is 2.71. The first kappa shape index (κ1) is 15.2. The predicted octanol–water partition coefficient (Wildman–Crippen LogP) is 3.22. The van der Waals surface area contributed by atoms with Gasteiger partial charge in [0.2, 0.25) is 0 Å². The summed E-state index contributed by atoms with van der Waals surface area (Å²) in [5, 5.41) is 15.8. The Morgan fingerprint density at radius 3 is 2.67 bits per heavy atom. The molecule has 2 N–H and O–H groups in total. The van der Waals surface area contributed by atoms with Crippen LogP contribution in [0.15, 0.2) is 18.2 Å². The summed E-state index contributed by atoms with van der Waals surface area (Å²) in [5.41, 5.74) is 0.847. The summed E-state index contributed by atoms with van der Waals surface area (Å²) < 4.78 is 11.0. The Morgan fingerprint density at radius 1 is 1.43 bits per heavy atom. The molecule has 0 spiro atoms. The second kappa shape index (κ2) is 6.05. The fourth-order valence-electron chi connectivity index (χ4n) is 1.85. The lowest BCUT2D eigenvalue weighted by Gasteiger charge is -2.17. The van der Waals surface area contributed by atoms with Crippen LogP contribution in [0.1, 0.15) is 24.3 Å². The number of aromatic carboxylic acids is 1. The molecule has 0 aliphatic rings. The number of H-pyrrole nitrogens is 1. The normalized spacial score (nSPS) is 10.7. The molecule has 0 bridgehead atoms. The van der Waals surface area contributed by atoms with Crippen LogP contribution in [-0.4, -0.2) is 34.5 Å². The topological polar surface area (TPSA) is 84.4 Å². The van der Waals surface area contributed by atoms with Crippen LogP contribution in [0.3, 0.4) is 0 Å². The molecule has 1 aromatic carbocycles. The molecule has 0 fully saturated rings. The first-order valence-electron chi connectivity index (χ1n) is 6.26. The van der Waals surface area contributed by atoms with Crippen LogP contribution in [-0.2, 0) is 0 Å². The van der Waals surface area contributed by atoms with E-state index in [4.69, 9.17) is 26.2 Å². The number of hydrogen-bond donors (Lipinski definition) is 2. The molecule has 0 aliphatic carbocycles. The van der Waals surface area contributed by atoms with Crippen molar-refractivity contribution in [3.8, 4) is 22.8 Å². The quantitative estimate of drug-likeness (QED) is 0.885. The highest BCUT2D eigenvalue weighted by Crippen LogP contribution is 2.42. The van der Waals surface area contributed by atoms with E-state index in [2.05, 4.69) is 10.2 Å². The van der Waals surface area contributed by atoms with Crippen LogP contribution in [0.4, 0.5) is 0 Å². The Balaban J connectivity index is 2.61. The Labute approximate surface area is 126 Å². The monoisotopic (exact) mass is 310 g/mol. The molecule has 112 valence electrons. The maximum atomic E-state index is 11.0. The van der Waals surface area contributed by atoms with Gasteiger partial charge in [-0.3, -0.25) is 5.10 Å². The van der Waals surface area contributed by atoms with Crippen LogP contribution >= 0.6 is 11.6 Å². The second-order valence-electron chi connectivity index (χ2n) is 4.59. The summed E-state index contributed by atoms with van der Waals surface area (Å²) in [6.45, 7) is 3.74. The van der Waals surface area contributed by atoms with Crippen LogP contribution < -0.4 is 9.47 Å². The number of aromatic amines is 1. The number of halogens is 1. The fraction of sp³-hybridized carbons (Fsp3) is 0.286. The molecule has 2 rings (SSSR count). The minimum atomic E-state index is -1.10. The number of rotatable bonds is 5. The lowest BCUT2D eigenvalue weighted by atomic mass is 10.1. The van der Waals surface area contributed by atoms with E-state index in [1.54, 1.807) is 12.1 Å². The molecule has 0 atom stereocenters. The molecule has 0 saturated heterocycles. The van der Waals surface area contributed by atoms with Crippen LogP contribution in [0, 0.1) is 0 Å². The van der Waals surface area contributed by atoms with E-state index in [9.17, 15) is 4.79 Å². The van der Waals surface area contributed by atoms with Crippen molar-refractivity contribution in [3.63, 3.8) is 0 Å². The minimum absolute atomic E-state index is 0.0283. The molecular formula is C14H15ClN2O4. The molecule has 0 radical (unpaired) electrons. The van der Waals surface area contributed by atoms with Gasteiger partial charge in [0.15, 0.2) is 11.5 Å². The number of methoxy groups -OCH3 is 1. The number of carboxylic acid groups (broad SMARTS) is 1. The molecule has 1 heterocycles. The van der Waals surface area contributed by atoms with E-state index in [0.717, 1.165) is 0 Å². The van der Waals surface area contributed by atoms with E-state index in [1.165, 1.54) is 13.2 Å². The van der Waals surface area contributed by atoms with Crippen molar-refractivity contribution >= 4 is 17.6 Å². The molecule has 2 aromatic rings. The number of benzene rings is 1. The second-order valence-corrected chi connectivity index (χ2v) is 5.00. The maximum Gasteiger partial charge on any atom is 0.353 e. The first-order valence-corrected chi connectivity index (χ1v) is 6.64. The Hall–Kier alpha value is -2.21. The average molecular weight is 311 g/mol. The van der Waals surface area contributed by atoms with Gasteiger partial charge in [-0.1, -0.05) is 11.6 Å². The SMILES string of the molecule is COc1ccc(Cl)c(-c2cc(C(=O)O)[nH]n2)c1OC(C)C. The minimum Gasteiger partial charge on any atom is -0.493 e. The number of ether oxygens (including phenoxy) is 2. The predicted molar refractivity (Wildman–Crippen MR) is 78.3 cm³/mol. The summed E-state index contributed by atoms with van der Waals surface area (Å²) in [4.78, 5) is 11.0. The molecule has 6 nitrogen and oxygen atoms in total. The van der Waals surface area contributed by atoms with Crippen molar-refractivity contribution in [2.75, 3.05) is 7.11 Å². The van der Waals surface area contributed by atoms with Gasteiger partial charge in [0.1, 0.15) is 5.69 Å². The van der Waals surface area contributed by atoms with Gasteiger partial charge in [0.25, 0.3) is 0 Å². The zero-order valence-corrected chi connectivity index (χ0v) is 12.6. The summed E-state index contributed by atoms with van der Waals surface area (Å²) in [6, 6.07) is 4.74. The van der Waals surface area contributed by atoms with Crippen molar-refractivity contribution in [3.05, 3.63) is 28.9 Å². The van der Waals surface area contributed by atoms with Gasteiger partial charge in [-0.25, -0.2) is 4.79 Å². The first-order chi connectivity index (χ1) is 9.93. The van der Waals surface area contributed by atoms with Gasteiger partial charge < -0.3 is 14.6 Å². The van der Waals surface area contributed by atoms with Crippen molar-refractivity contribution in [1.29, 1.82) is 0 Å². The molecule has 0 aliphatic heterocycles. The lowest BCUT2D eigenvalue weighted by Crippen LogP contribution is -2.08. The number of aromatic nitrogens is 2. The van der Waals surface area contributed by atoms with Crippen LogP contribution in [0.5, 0.6) is 11.5 Å². The maximum absolute atomic E-state index is 11.0. The number of nitrogens with zero attached hydrogens (tertiary/aromatic N) is 1. The molecule has 0 amide bonds. The Kier molecular flexibility index (Phi) is 4.37. The van der Waals surface area contributed by atoms with Gasteiger partial charge in [0.05, 0.1) is 29.5 Å². The van der Waals surface area contributed by atoms with Crippen molar-refractivity contribution in [1.82, 2.24) is 10.2 Å². The van der Waals surface area contributed by atoms with Gasteiger partial charge in [0, 0.05) is 0 Å². The number of hydrogen-bond acceptors (Lipinski definition) is 4. The Bertz CT molecular complexity index is 667. The third-order valence-corrected chi connectivity index (χ3v) is 3.02. The van der Waals surface area contributed by atoms with E-state index >= 15 is 0 Å². The summed E-state index contributed by atoms with van der Waals surface area (Å²) in [7, 11) is 1.52. The smallest absolute Gasteiger partial charge is 0.353 e. The zero-order chi connectivity index (χ0) is 15.6. The number of carbonyl (C=O) groups is 1. The standard InChI is InChI=1S/C14H15ClN2O4/c1-7(2)21-13-11(20-3)5-4-8(15)12(13)9-6-10(14(18)19)17-16-9/h4-7H,1-3H3,(H,16,17)(H,18,19). The highest BCUT2D eigenvalue weighted by Gasteiger charge is 2.21. The Morgan fingerprint density at radius 2 is 2.14 bits per heavy atom. The average Bonchev–Trinajstić information content (AvgIpc) is 2.88. The van der Waals surface area contributed by atoms with Crippen molar-refractivity contribution < 1.29 is 19.4 Å². The number of nitrogens with one attached hydrogen (secondary N) is 1. The zero-order valence-electron chi connectivity index (χ0n) is 11.8. The van der Waals surface area contributed by atoms with Gasteiger partial charge >= 0.3 is 5.97 Å². The molecular weight excluding hydrogens is 296 g/mol. The van der Waals surface area contributed by atoms with Gasteiger partial charge in [-0.15, -0.1) is 0 Å². The van der Waals surface area contributed by atoms with Gasteiger partial charge in [-0.2, -0.15) is 5.10 Å². The highest BCUT2D eigenvalue weighted by atomic mass is 35.5. The van der Waals surface area contributed by atoms with E-state index in [1.807, 2.05) is 13.8 Å². The largest absolute Gasteiger partial charge is 0.493 e. The van der Waals surface area contributed by atoms with Crippen LogP contribution in [0.2, 0.25) is 5.02 Å².